The summed E-state index contributed by atoms with van der Waals surface area (Å²) in [6.45, 7) is 4.98. The monoisotopic (exact) mass is 1100 g/mol. The molecule has 0 radical (unpaired) electrons. The average Bonchev–Trinajstić information content (AvgIpc) is 3.44. The van der Waals surface area contributed by atoms with Gasteiger partial charge in [0.2, 0.25) is 5.91 Å². The zero-order chi connectivity index (χ0) is 56.4. The van der Waals surface area contributed by atoms with E-state index < -0.39 is 12.1 Å². The van der Waals surface area contributed by atoms with Gasteiger partial charge in [-0.2, -0.15) is 0 Å². The zero-order valence-corrected chi connectivity index (χ0v) is 53.2. The predicted octanol–water partition coefficient (Wildman–Crippen LogP) is 23.1. The molecule has 0 aromatic rings. The van der Waals surface area contributed by atoms with E-state index >= 15 is 0 Å². The van der Waals surface area contributed by atoms with Gasteiger partial charge < -0.3 is 20.3 Å². The fourth-order valence-corrected chi connectivity index (χ4v) is 11.6. The smallest absolute Gasteiger partial charge is 0.305 e. The molecule has 0 spiro atoms. The molecule has 3 N–H and O–H groups in total. The molecule has 6 heteroatoms. The summed E-state index contributed by atoms with van der Waals surface area (Å²) in [7, 11) is 0. The quantitative estimate of drug-likeness (QED) is 0.0320. The Morgan fingerprint density at radius 1 is 0.346 bits per heavy atom. The second kappa shape index (κ2) is 68.1. The minimum Gasteiger partial charge on any atom is -0.466 e. The average molecular weight is 1100 g/mol. The third-order valence-corrected chi connectivity index (χ3v) is 17.1. The Morgan fingerprint density at radius 2 is 0.603 bits per heavy atom. The van der Waals surface area contributed by atoms with E-state index in [0.717, 1.165) is 38.5 Å². The summed E-state index contributed by atoms with van der Waals surface area (Å²) >= 11 is 0. The SMILES string of the molecule is CCCCCCCCCCCCCCCCCC(=O)OCCCCCCCCCCCCCCCC/C=C\CCCCCCCCCCCCCCCCCCCC(=O)NC(CO)C(O)CCCCCCCCCCCCC. The number of hydrogen-bond acceptors (Lipinski definition) is 5. The van der Waals surface area contributed by atoms with Gasteiger partial charge in [-0.1, -0.05) is 360 Å². The van der Waals surface area contributed by atoms with Crippen LogP contribution in [-0.4, -0.2) is 47.4 Å². The van der Waals surface area contributed by atoms with Crippen LogP contribution >= 0.6 is 0 Å². The summed E-state index contributed by atoms with van der Waals surface area (Å²) in [4.78, 5) is 24.5. The van der Waals surface area contributed by atoms with Crippen molar-refractivity contribution in [2.24, 2.45) is 0 Å². The topological polar surface area (TPSA) is 95.9 Å². The van der Waals surface area contributed by atoms with Gasteiger partial charge in [0.15, 0.2) is 0 Å². The van der Waals surface area contributed by atoms with E-state index in [-0.39, 0.29) is 18.5 Å². The van der Waals surface area contributed by atoms with Crippen molar-refractivity contribution in [3.05, 3.63) is 12.2 Å². The molecule has 2 atom stereocenters. The van der Waals surface area contributed by atoms with Crippen molar-refractivity contribution < 1.29 is 24.5 Å². The molecule has 2 unspecified atom stereocenters. The van der Waals surface area contributed by atoms with Crippen molar-refractivity contribution >= 4 is 11.9 Å². The highest BCUT2D eigenvalue weighted by atomic mass is 16.5. The summed E-state index contributed by atoms with van der Waals surface area (Å²) < 4.78 is 5.50. The van der Waals surface area contributed by atoms with Crippen molar-refractivity contribution in [2.45, 2.75) is 424 Å². The zero-order valence-electron chi connectivity index (χ0n) is 53.2. The maximum Gasteiger partial charge on any atom is 0.305 e. The highest BCUT2D eigenvalue weighted by Crippen LogP contribution is 2.19. The van der Waals surface area contributed by atoms with Crippen LogP contribution in [0.2, 0.25) is 0 Å². The minimum absolute atomic E-state index is 0.0239. The third-order valence-electron chi connectivity index (χ3n) is 17.1. The molecule has 0 fully saturated rings. The Bertz CT molecular complexity index is 1180. The van der Waals surface area contributed by atoms with Crippen molar-refractivity contribution in [2.75, 3.05) is 13.2 Å². The first-order valence-electron chi connectivity index (χ1n) is 35.9. The summed E-state index contributed by atoms with van der Waals surface area (Å²) in [6.07, 6.45) is 84.3. The molecule has 0 aromatic carbocycles. The van der Waals surface area contributed by atoms with Gasteiger partial charge in [-0.05, 0) is 51.4 Å². The standard InChI is InChI=1S/C72H141NO5/c1-3-5-7-9-11-13-15-16-38-42-46-50-54-58-62-66-72(77)78-67-63-59-55-51-47-43-40-37-35-33-31-29-27-25-23-21-19-17-18-20-22-24-26-28-30-32-34-36-39-41-45-49-53-57-61-65-71(76)73-69(68-74)70(75)64-60-56-52-48-44-14-12-10-8-6-4-2/h19,21,69-70,74-75H,3-18,20,22-68H2,1-2H3,(H,73,76)/b21-19-. The number of nitrogens with one attached hydrogen (secondary N) is 1. The maximum absolute atomic E-state index is 12.5. The number of carbonyl (C=O) groups is 2. The first-order valence-corrected chi connectivity index (χ1v) is 35.9. The molecular formula is C72H141NO5. The molecule has 0 aliphatic carbocycles. The lowest BCUT2D eigenvalue weighted by atomic mass is 10.0. The van der Waals surface area contributed by atoms with E-state index in [1.165, 1.54) is 340 Å². The summed E-state index contributed by atoms with van der Waals surface area (Å²) in [5, 5.41) is 23.2. The van der Waals surface area contributed by atoms with Crippen LogP contribution in [0.25, 0.3) is 0 Å². The number of aliphatic hydroxyl groups is 2. The van der Waals surface area contributed by atoms with Gasteiger partial charge in [0.25, 0.3) is 0 Å². The molecule has 0 aliphatic heterocycles. The first kappa shape index (κ1) is 76.6. The van der Waals surface area contributed by atoms with E-state index in [2.05, 4.69) is 31.3 Å². The predicted molar refractivity (Wildman–Crippen MR) is 343 cm³/mol. The Labute approximate surface area is 489 Å². The van der Waals surface area contributed by atoms with Gasteiger partial charge in [0.1, 0.15) is 0 Å². The lowest BCUT2D eigenvalue weighted by Crippen LogP contribution is -2.45. The molecule has 464 valence electrons. The molecule has 1 amide bonds. The van der Waals surface area contributed by atoms with Crippen molar-refractivity contribution in [1.29, 1.82) is 0 Å². The lowest BCUT2D eigenvalue weighted by Gasteiger charge is -2.22. The van der Waals surface area contributed by atoms with Gasteiger partial charge in [0, 0.05) is 12.8 Å². The molecule has 0 rings (SSSR count). The van der Waals surface area contributed by atoms with Gasteiger partial charge in [-0.15, -0.1) is 0 Å². The summed E-state index contributed by atoms with van der Waals surface area (Å²) in [5.74, 6) is -0.00612. The van der Waals surface area contributed by atoms with E-state index in [4.69, 9.17) is 4.74 Å². The van der Waals surface area contributed by atoms with Crippen molar-refractivity contribution in [3.8, 4) is 0 Å². The van der Waals surface area contributed by atoms with E-state index in [0.29, 0.717) is 25.9 Å². The number of unbranched alkanes of at least 4 members (excludes halogenated alkanes) is 55. The number of ether oxygens (including phenoxy) is 1. The first-order chi connectivity index (χ1) is 38.5. The molecule has 0 heterocycles. The van der Waals surface area contributed by atoms with Gasteiger partial charge in [0.05, 0.1) is 25.4 Å². The molecule has 0 aliphatic rings. The van der Waals surface area contributed by atoms with Gasteiger partial charge in [-0.3, -0.25) is 9.59 Å². The highest BCUT2D eigenvalue weighted by Gasteiger charge is 2.20. The number of esters is 1. The van der Waals surface area contributed by atoms with Crippen molar-refractivity contribution in [3.63, 3.8) is 0 Å². The van der Waals surface area contributed by atoms with Crippen LogP contribution in [0.15, 0.2) is 12.2 Å². The van der Waals surface area contributed by atoms with E-state index in [1.54, 1.807) is 0 Å². The Kier molecular flexibility index (Phi) is 66.9. The Morgan fingerprint density at radius 3 is 0.910 bits per heavy atom. The second-order valence-electron chi connectivity index (χ2n) is 24.9. The Balaban J connectivity index is 3.30. The van der Waals surface area contributed by atoms with Crippen LogP contribution in [0.5, 0.6) is 0 Å². The molecule has 6 nitrogen and oxygen atoms in total. The number of aliphatic hydroxyl groups excluding tert-OH is 2. The summed E-state index contributed by atoms with van der Waals surface area (Å²) in [6, 6.07) is -0.536. The summed E-state index contributed by atoms with van der Waals surface area (Å²) in [5.41, 5.74) is 0. The fraction of sp³-hybridized carbons (Fsp3) is 0.944. The van der Waals surface area contributed by atoms with Crippen LogP contribution in [0.3, 0.4) is 0 Å². The van der Waals surface area contributed by atoms with E-state index in [9.17, 15) is 19.8 Å². The van der Waals surface area contributed by atoms with Crippen LogP contribution in [0, 0.1) is 0 Å². The van der Waals surface area contributed by atoms with Gasteiger partial charge >= 0.3 is 5.97 Å². The normalized spacial score (nSPS) is 12.5. The third kappa shape index (κ3) is 63.8. The van der Waals surface area contributed by atoms with Crippen LogP contribution in [0.4, 0.5) is 0 Å². The molecule has 0 aromatic heterocycles. The minimum atomic E-state index is -0.659. The van der Waals surface area contributed by atoms with Crippen molar-refractivity contribution in [1.82, 2.24) is 5.32 Å². The second-order valence-corrected chi connectivity index (χ2v) is 24.9. The fourth-order valence-electron chi connectivity index (χ4n) is 11.6. The molecule has 0 bridgehead atoms. The Hall–Kier alpha value is -1.40. The molecule has 78 heavy (non-hydrogen) atoms. The number of allylic oxidation sites excluding steroid dienone is 2. The number of rotatable bonds is 68. The molecule has 0 saturated heterocycles. The van der Waals surface area contributed by atoms with Crippen LogP contribution in [-0.2, 0) is 14.3 Å². The number of carbonyl (C=O) groups excluding carboxylic acids is 2. The number of amides is 1. The van der Waals surface area contributed by atoms with E-state index in [1.807, 2.05) is 0 Å². The molecular weight excluding hydrogens is 959 g/mol. The number of hydrogen-bond donors (Lipinski definition) is 3. The van der Waals surface area contributed by atoms with Crippen LogP contribution < -0.4 is 5.32 Å². The van der Waals surface area contributed by atoms with Gasteiger partial charge in [-0.25, -0.2) is 0 Å². The van der Waals surface area contributed by atoms with Crippen LogP contribution in [0.1, 0.15) is 412 Å². The largest absolute Gasteiger partial charge is 0.466 e. The lowest BCUT2D eigenvalue weighted by molar-refractivity contribution is -0.143. The maximum atomic E-state index is 12.5. The highest BCUT2D eigenvalue weighted by molar-refractivity contribution is 5.76. The molecule has 0 saturated carbocycles.